The van der Waals surface area contributed by atoms with Gasteiger partial charge in [0.1, 0.15) is 5.75 Å². The molecular weight excluding hydrogens is 248 g/mol. The third-order valence-corrected chi connectivity index (χ3v) is 2.63. The van der Waals surface area contributed by atoms with Crippen molar-refractivity contribution in [1.29, 1.82) is 0 Å². The Balaban J connectivity index is 2.84. The fourth-order valence-electron chi connectivity index (χ4n) is 1.47. The zero-order valence-electron chi connectivity index (χ0n) is 11.5. The Bertz CT molecular complexity index is 420. The monoisotopic (exact) mass is 266 g/mol. The Labute approximate surface area is 112 Å². The van der Waals surface area contributed by atoms with Crippen LogP contribution in [0.25, 0.3) is 0 Å². The van der Waals surface area contributed by atoms with Crippen LogP contribution in [0.3, 0.4) is 0 Å². The average Bonchev–Trinajstić information content (AvgIpc) is 2.43. The Morgan fingerprint density at radius 3 is 1.79 bits per heavy atom. The number of hydrogen-bond acceptors (Lipinski definition) is 5. The molecule has 5 nitrogen and oxygen atoms in total. The van der Waals surface area contributed by atoms with Gasteiger partial charge in [0.25, 0.3) is 6.10 Å². The molecule has 0 bridgehead atoms. The van der Waals surface area contributed by atoms with Gasteiger partial charge in [0, 0.05) is 0 Å². The zero-order chi connectivity index (χ0) is 14.4. The van der Waals surface area contributed by atoms with Gasteiger partial charge in [0.2, 0.25) is 0 Å². The van der Waals surface area contributed by atoms with Crippen LogP contribution in [0.2, 0.25) is 0 Å². The van der Waals surface area contributed by atoms with E-state index in [1.807, 2.05) is 12.1 Å². The van der Waals surface area contributed by atoms with Crippen LogP contribution in [0.1, 0.15) is 25.3 Å². The molecule has 0 N–H and O–H groups in total. The number of methoxy groups -OCH3 is 2. The quantitative estimate of drug-likeness (QED) is 0.601. The van der Waals surface area contributed by atoms with Gasteiger partial charge in [0.15, 0.2) is 0 Å². The maximum Gasteiger partial charge on any atom is 0.359 e. The van der Waals surface area contributed by atoms with Crippen molar-refractivity contribution in [2.24, 2.45) is 0 Å². The lowest BCUT2D eigenvalue weighted by Gasteiger charge is -2.15. The molecule has 0 saturated heterocycles. The van der Waals surface area contributed by atoms with Gasteiger partial charge in [-0.15, -0.1) is 0 Å². The first kappa shape index (κ1) is 15.0. The number of carbonyl (C=O) groups is 2. The summed E-state index contributed by atoms with van der Waals surface area (Å²) in [5.41, 5.74) is 1.14. The second-order valence-corrected chi connectivity index (χ2v) is 4.27. The number of esters is 2. The normalized spacial score (nSPS) is 10.4. The molecule has 1 aromatic carbocycles. The highest BCUT2D eigenvalue weighted by Crippen LogP contribution is 2.19. The highest BCUT2D eigenvalue weighted by molar-refractivity contribution is 5.98. The fourth-order valence-corrected chi connectivity index (χ4v) is 1.47. The van der Waals surface area contributed by atoms with Crippen LogP contribution in [0.5, 0.6) is 5.75 Å². The summed E-state index contributed by atoms with van der Waals surface area (Å²) in [6, 6.07) is 7.17. The maximum atomic E-state index is 11.4. The third kappa shape index (κ3) is 3.98. The molecule has 0 aromatic heterocycles. The Morgan fingerprint density at radius 2 is 1.42 bits per heavy atom. The predicted octanol–water partition coefficient (Wildman–Crippen LogP) is 1.90. The van der Waals surface area contributed by atoms with Gasteiger partial charge in [-0.3, -0.25) is 0 Å². The van der Waals surface area contributed by atoms with Crippen LogP contribution < -0.4 is 4.74 Å². The van der Waals surface area contributed by atoms with Crippen LogP contribution in [-0.4, -0.2) is 32.3 Å². The lowest BCUT2D eigenvalue weighted by molar-refractivity contribution is -0.163. The van der Waals surface area contributed by atoms with Crippen molar-refractivity contribution in [3.63, 3.8) is 0 Å². The van der Waals surface area contributed by atoms with E-state index in [-0.39, 0.29) is 0 Å². The molecule has 0 radical (unpaired) electrons. The van der Waals surface area contributed by atoms with Gasteiger partial charge in [-0.05, 0) is 23.6 Å². The van der Waals surface area contributed by atoms with Crippen LogP contribution in [0.15, 0.2) is 24.3 Å². The van der Waals surface area contributed by atoms with Gasteiger partial charge in [-0.2, -0.15) is 0 Å². The molecule has 19 heavy (non-hydrogen) atoms. The number of hydrogen-bond donors (Lipinski definition) is 0. The second-order valence-electron chi connectivity index (χ2n) is 4.27. The van der Waals surface area contributed by atoms with Crippen molar-refractivity contribution in [1.82, 2.24) is 0 Å². The van der Waals surface area contributed by atoms with E-state index in [1.54, 1.807) is 12.1 Å². The number of benzene rings is 1. The lowest BCUT2D eigenvalue weighted by atomic mass is 10.0. The Kier molecular flexibility index (Phi) is 5.36. The highest BCUT2D eigenvalue weighted by Gasteiger charge is 2.30. The van der Waals surface area contributed by atoms with Crippen LogP contribution in [0, 0.1) is 0 Å². The first-order valence-corrected chi connectivity index (χ1v) is 5.91. The van der Waals surface area contributed by atoms with E-state index >= 15 is 0 Å². The molecule has 1 rings (SSSR count). The molecule has 0 saturated carbocycles. The van der Waals surface area contributed by atoms with Gasteiger partial charge >= 0.3 is 11.9 Å². The van der Waals surface area contributed by atoms with E-state index in [2.05, 4.69) is 23.3 Å². The van der Waals surface area contributed by atoms with Gasteiger partial charge in [-0.25, -0.2) is 9.59 Å². The van der Waals surface area contributed by atoms with E-state index in [1.165, 1.54) is 14.2 Å². The molecule has 0 heterocycles. The van der Waals surface area contributed by atoms with Crippen molar-refractivity contribution in [3.05, 3.63) is 29.8 Å². The van der Waals surface area contributed by atoms with Crippen molar-refractivity contribution >= 4 is 11.9 Å². The average molecular weight is 266 g/mol. The molecule has 0 unspecified atom stereocenters. The number of ether oxygens (including phenoxy) is 3. The zero-order valence-corrected chi connectivity index (χ0v) is 11.5. The summed E-state index contributed by atoms with van der Waals surface area (Å²) in [5, 5.41) is 0. The SMILES string of the molecule is COC(=O)C(Oc1ccc(C(C)C)cc1)C(=O)OC. The van der Waals surface area contributed by atoms with Crippen molar-refractivity contribution in [3.8, 4) is 5.75 Å². The smallest absolute Gasteiger partial charge is 0.359 e. The first-order chi connectivity index (χ1) is 8.99. The fraction of sp³-hybridized carbons (Fsp3) is 0.429. The van der Waals surface area contributed by atoms with E-state index in [4.69, 9.17) is 4.74 Å². The third-order valence-electron chi connectivity index (χ3n) is 2.63. The Morgan fingerprint density at radius 1 is 0.947 bits per heavy atom. The molecule has 0 aliphatic rings. The Hall–Kier alpha value is -2.04. The molecular formula is C14H18O5. The molecule has 0 amide bonds. The summed E-state index contributed by atoms with van der Waals surface area (Å²) in [7, 11) is 2.37. The second kappa shape index (κ2) is 6.78. The molecule has 0 spiro atoms. The molecule has 0 fully saturated rings. The van der Waals surface area contributed by atoms with Gasteiger partial charge in [-0.1, -0.05) is 26.0 Å². The van der Waals surface area contributed by atoms with Gasteiger partial charge in [0.05, 0.1) is 14.2 Å². The summed E-state index contributed by atoms with van der Waals surface area (Å²) < 4.78 is 14.3. The molecule has 0 aliphatic heterocycles. The topological polar surface area (TPSA) is 61.8 Å². The van der Waals surface area contributed by atoms with E-state index in [9.17, 15) is 9.59 Å². The minimum Gasteiger partial charge on any atom is -0.467 e. The van der Waals surface area contributed by atoms with Crippen molar-refractivity contribution in [2.75, 3.05) is 14.2 Å². The summed E-state index contributed by atoms with van der Waals surface area (Å²) in [5.74, 6) is -0.782. The van der Waals surface area contributed by atoms with E-state index in [0.717, 1.165) is 5.56 Å². The molecule has 1 aromatic rings. The summed E-state index contributed by atoms with van der Waals surface area (Å²) in [4.78, 5) is 22.9. The molecule has 104 valence electrons. The van der Waals surface area contributed by atoms with Crippen molar-refractivity contribution in [2.45, 2.75) is 25.9 Å². The predicted molar refractivity (Wildman–Crippen MR) is 69.0 cm³/mol. The maximum absolute atomic E-state index is 11.4. The number of carbonyl (C=O) groups excluding carboxylic acids is 2. The largest absolute Gasteiger partial charge is 0.467 e. The van der Waals surface area contributed by atoms with Gasteiger partial charge < -0.3 is 14.2 Å². The van der Waals surface area contributed by atoms with Crippen LogP contribution in [0.4, 0.5) is 0 Å². The van der Waals surface area contributed by atoms with Crippen molar-refractivity contribution < 1.29 is 23.8 Å². The summed E-state index contributed by atoms with van der Waals surface area (Å²) in [6.45, 7) is 4.14. The highest BCUT2D eigenvalue weighted by atomic mass is 16.6. The summed E-state index contributed by atoms with van der Waals surface area (Å²) in [6.07, 6.45) is -1.40. The van der Waals surface area contributed by atoms with E-state index in [0.29, 0.717) is 11.7 Å². The minimum atomic E-state index is -1.40. The summed E-state index contributed by atoms with van der Waals surface area (Å²) >= 11 is 0. The minimum absolute atomic E-state index is 0.395. The lowest BCUT2D eigenvalue weighted by Crippen LogP contribution is -2.37. The standard InChI is InChI=1S/C14H18O5/c1-9(2)10-5-7-11(8-6-10)19-12(13(15)17-3)14(16)18-4/h5-9,12H,1-4H3. The molecule has 5 heteroatoms. The first-order valence-electron chi connectivity index (χ1n) is 5.91. The number of rotatable bonds is 5. The molecule has 0 aliphatic carbocycles. The van der Waals surface area contributed by atoms with Crippen LogP contribution in [-0.2, 0) is 19.1 Å². The van der Waals surface area contributed by atoms with Crippen LogP contribution >= 0.6 is 0 Å². The molecule has 0 atom stereocenters. The van der Waals surface area contributed by atoms with E-state index < -0.39 is 18.0 Å².